The molecule has 0 bridgehead atoms. The third kappa shape index (κ3) is 6.36. The third-order valence-electron chi connectivity index (χ3n) is 5.54. The van der Waals surface area contributed by atoms with Gasteiger partial charge in [-0.1, -0.05) is 38.5 Å². The highest BCUT2D eigenvalue weighted by molar-refractivity contribution is 5.61. The van der Waals surface area contributed by atoms with Gasteiger partial charge in [0.05, 0.1) is 13.2 Å². The fourth-order valence-electron chi connectivity index (χ4n) is 4.31. The van der Waals surface area contributed by atoms with E-state index < -0.39 is 24.5 Å². The van der Waals surface area contributed by atoms with Gasteiger partial charge in [0.2, 0.25) is 0 Å². The zero-order valence-electron chi connectivity index (χ0n) is 16.2. The summed E-state index contributed by atoms with van der Waals surface area (Å²) in [6.07, 6.45) is 8.56. The van der Waals surface area contributed by atoms with Crippen molar-refractivity contribution in [2.45, 2.75) is 90.3 Å². The van der Waals surface area contributed by atoms with Crippen LogP contribution < -0.4 is 0 Å². The summed E-state index contributed by atoms with van der Waals surface area (Å²) in [6.45, 7) is 4.04. The van der Waals surface area contributed by atoms with E-state index in [2.05, 4.69) is 0 Å². The van der Waals surface area contributed by atoms with Crippen molar-refractivity contribution in [3.8, 4) is 0 Å². The summed E-state index contributed by atoms with van der Waals surface area (Å²) < 4.78 is 21.5. The van der Waals surface area contributed by atoms with E-state index in [9.17, 15) is 9.59 Å². The smallest absolute Gasteiger partial charge is 0.435 e. The van der Waals surface area contributed by atoms with Crippen molar-refractivity contribution in [1.82, 2.24) is 0 Å². The summed E-state index contributed by atoms with van der Waals surface area (Å²) in [6, 6.07) is 0. The molecule has 150 valence electrons. The second kappa shape index (κ2) is 11.3. The molecule has 2 fully saturated rings. The maximum absolute atomic E-state index is 12.1. The SMILES string of the molecule is CCOC(=O)OC(C1CCCCC1)C(OC(=O)OCC)C1CCCCC1. The fraction of sp³-hybridized carbons (Fsp3) is 0.900. The first-order valence-corrected chi connectivity index (χ1v) is 10.3. The lowest BCUT2D eigenvalue weighted by atomic mass is 9.76. The van der Waals surface area contributed by atoms with E-state index >= 15 is 0 Å². The Morgan fingerprint density at radius 1 is 0.692 bits per heavy atom. The standard InChI is InChI=1S/C20H34O6/c1-3-23-19(21)25-17(15-11-7-5-8-12-15)18(26-20(22)24-4-2)16-13-9-6-10-14-16/h15-18H,3-14H2,1-2H3. The van der Waals surface area contributed by atoms with Crippen LogP contribution >= 0.6 is 0 Å². The lowest BCUT2D eigenvalue weighted by Crippen LogP contribution is -2.46. The molecule has 2 rings (SSSR count). The molecular formula is C20H34O6. The summed E-state index contributed by atoms with van der Waals surface area (Å²) >= 11 is 0. The van der Waals surface area contributed by atoms with Gasteiger partial charge in [-0.25, -0.2) is 9.59 Å². The Morgan fingerprint density at radius 2 is 1.04 bits per heavy atom. The minimum atomic E-state index is -0.670. The molecule has 6 heteroatoms. The Balaban J connectivity index is 2.18. The van der Waals surface area contributed by atoms with Crippen LogP contribution in [0, 0.1) is 11.8 Å². The lowest BCUT2D eigenvalue weighted by molar-refractivity contribution is -0.103. The van der Waals surface area contributed by atoms with E-state index in [0.717, 1.165) is 51.4 Å². The summed E-state index contributed by atoms with van der Waals surface area (Å²) in [7, 11) is 0. The number of carbonyl (C=O) groups is 2. The van der Waals surface area contributed by atoms with Gasteiger partial charge in [0.15, 0.2) is 0 Å². The molecular weight excluding hydrogens is 336 g/mol. The first kappa shape index (κ1) is 20.8. The molecule has 26 heavy (non-hydrogen) atoms. The van der Waals surface area contributed by atoms with Crippen LogP contribution in [0.5, 0.6) is 0 Å². The first-order valence-electron chi connectivity index (χ1n) is 10.3. The predicted molar refractivity (Wildman–Crippen MR) is 96.9 cm³/mol. The minimum absolute atomic E-state index is 0.203. The Hall–Kier alpha value is -1.46. The van der Waals surface area contributed by atoms with E-state index in [0.29, 0.717) is 0 Å². The Morgan fingerprint density at radius 3 is 1.35 bits per heavy atom. The summed E-state index contributed by atoms with van der Waals surface area (Å²) in [4.78, 5) is 24.2. The number of carbonyl (C=O) groups excluding carboxylic acids is 2. The Kier molecular flexibility index (Phi) is 9.06. The zero-order valence-corrected chi connectivity index (χ0v) is 16.2. The van der Waals surface area contributed by atoms with Gasteiger partial charge in [-0.05, 0) is 51.4 Å². The van der Waals surface area contributed by atoms with E-state index in [1.807, 2.05) is 0 Å². The molecule has 2 aliphatic carbocycles. The molecule has 0 aromatic carbocycles. The normalized spacial score (nSPS) is 21.5. The molecule has 0 aliphatic heterocycles. The molecule has 0 saturated heterocycles. The average Bonchev–Trinajstić information content (AvgIpc) is 2.66. The topological polar surface area (TPSA) is 71.1 Å². The summed E-state index contributed by atoms with van der Waals surface area (Å²) in [5, 5.41) is 0. The molecule has 2 unspecified atom stereocenters. The van der Waals surface area contributed by atoms with Crippen LogP contribution in [0.3, 0.4) is 0 Å². The average molecular weight is 370 g/mol. The molecule has 0 amide bonds. The van der Waals surface area contributed by atoms with Crippen molar-refractivity contribution in [3.63, 3.8) is 0 Å². The van der Waals surface area contributed by atoms with Gasteiger partial charge in [-0.3, -0.25) is 0 Å². The van der Waals surface area contributed by atoms with Crippen LogP contribution in [0.4, 0.5) is 9.59 Å². The van der Waals surface area contributed by atoms with Crippen LogP contribution in [-0.2, 0) is 18.9 Å². The first-order chi connectivity index (χ1) is 12.7. The largest absolute Gasteiger partial charge is 0.508 e. The quantitative estimate of drug-likeness (QED) is 0.571. The number of hydrogen-bond donors (Lipinski definition) is 0. The van der Waals surface area contributed by atoms with Gasteiger partial charge in [-0.15, -0.1) is 0 Å². The lowest BCUT2D eigenvalue weighted by Gasteiger charge is -2.39. The molecule has 0 spiro atoms. The van der Waals surface area contributed by atoms with E-state index in [-0.39, 0.29) is 25.0 Å². The van der Waals surface area contributed by atoms with Gasteiger partial charge < -0.3 is 18.9 Å². The van der Waals surface area contributed by atoms with Gasteiger partial charge in [-0.2, -0.15) is 0 Å². The summed E-state index contributed by atoms with van der Waals surface area (Å²) in [5.41, 5.74) is 0. The zero-order chi connectivity index (χ0) is 18.8. The van der Waals surface area contributed by atoms with E-state index in [1.54, 1.807) is 13.8 Å². The van der Waals surface area contributed by atoms with Crippen molar-refractivity contribution < 1.29 is 28.5 Å². The molecule has 0 radical (unpaired) electrons. The second-order valence-corrected chi connectivity index (χ2v) is 7.33. The van der Waals surface area contributed by atoms with Crippen LogP contribution in [0.2, 0.25) is 0 Å². The molecule has 0 aromatic heterocycles. The van der Waals surface area contributed by atoms with E-state index in [1.165, 1.54) is 12.8 Å². The van der Waals surface area contributed by atoms with Gasteiger partial charge in [0.1, 0.15) is 12.2 Å². The Bertz CT molecular complexity index is 386. The highest BCUT2D eigenvalue weighted by Gasteiger charge is 2.41. The Labute approximate surface area is 156 Å². The summed E-state index contributed by atoms with van der Waals surface area (Å²) in [5.74, 6) is 0.406. The minimum Gasteiger partial charge on any atom is -0.435 e. The molecule has 0 N–H and O–H groups in total. The molecule has 6 nitrogen and oxygen atoms in total. The molecule has 2 aliphatic rings. The monoisotopic (exact) mass is 370 g/mol. The predicted octanol–water partition coefficient (Wildman–Crippen LogP) is 5.23. The van der Waals surface area contributed by atoms with Crippen molar-refractivity contribution in [1.29, 1.82) is 0 Å². The van der Waals surface area contributed by atoms with Crippen LogP contribution in [0.15, 0.2) is 0 Å². The highest BCUT2D eigenvalue weighted by Crippen LogP contribution is 2.37. The van der Waals surface area contributed by atoms with Crippen molar-refractivity contribution in [2.24, 2.45) is 11.8 Å². The molecule has 2 saturated carbocycles. The van der Waals surface area contributed by atoms with Gasteiger partial charge in [0.25, 0.3) is 0 Å². The fourth-order valence-corrected chi connectivity index (χ4v) is 4.31. The third-order valence-corrected chi connectivity index (χ3v) is 5.54. The maximum atomic E-state index is 12.1. The highest BCUT2D eigenvalue weighted by atomic mass is 16.8. The number of ether oxygens (including phenoxy) is 4. The van der Waals surface area contributed by atoms with Crippen molar-refractivity contribution in [3.05, 3.63) is 0 Å². The number of hydrogen-bond acceptors (Lipinski definition) is 6. The van der Waals surface area contributed by atoms with Crippen LogP contribution in [0.25, 0.3) is 0 Å². The number of rotatable bonds is 7. The van der Waals surface area contributed by atoms with Gasteiger partial charge in [0, 0.05) is 0 Å². The van der Waals surface area contributed by atoms with Crippen molar-refractivity contribution in [2.75, 3.05) is 13.2 Å². The molecule has 0 aromatic rings. The molecule has 0 heterocycles. The van der Waals surface area contributed by atoms with E-state index in [4.69, 9.17) is 18.9 Å². The van der Waals surface area contributed by atoms with Crippen molar-refractivity contribution >= 4 is 12.3 Å². The van der Waals surface area contributed by atoms with Gasteiger partial charge >= 0.3 is 12.3 Å². The second-order valence-electron chi connectivity index (χ2n) is 7.33. The van der Waals surface area contributed by atoms with Crippen LogP contribution in [-0.4, -0.2) is 37.7 Å². The molecule has 2 atom stereocenters. The van der Waals surface area contributed by atoms with Crippen LogP contribution in [0.1, 0.15) is 78.1 Å². The maximum Gasteiger partial charge on any atom is 0.508 e.